The average molecular weight is 401 g/mol. The summed E-state index contributed by atoms with van der Waals surface area (Å²) in [6.07, 6.45) is 6.53. The van der Waals surface area contributed by atoms with Gasteiger partial charge < -0.3 is 5.73 Å². The number of nitrogens with two attached hydrogens (primary N) is 1. The van der Waals surface area contributed by atoms with Crippen molar-refractivity contribution in [3.8, 4) is 11.3 Å². The Balaban J connectivity index is 1.53. The summed E-state index contributed by atoms with van der Waals surface area (Å²) in [7, 11) is 0. The first-order chi connectivity index (χ1) is 14.6. The monoisotopic (exact) mass is 401 g/mol. The van der Waals surface area contributed by atoms with E-state index in [2.05, 4.69) is 10.1 Å². The van der Waals surface area contributed by atoms with Crippen LogP contribution in [0, 0.1) is 0 Å². The Morgan fingerprint density at radius 1 is 1.20 bits per heavy atom. The number of carbonyl (C=O) groups excluding carboxylic acids is 2. The van der Waals surface area contributed by atoms with Crippen LogP contribution in [0.4, 0.5) is 0 Å². The number of benzene rings is 1. The summed E-state index contributed by atoms with van der Waals surface area (Å²) in [5, 5.41) is 5.54. The van der Waals surface area contributed by atoms with Crippen LogP contribution in [0.25, 0.3) is 22.2 Å². The molecule has 0 spiro atoms. The van der Waals surface area contributed by atoms with Crippen molar-refractivity contribution in [2.75, 3.05) is 0 Å². The molecule has 0 unspecified atom stereocenters. The van der Waals surface area contributed by atoms with Crippen molar-refractivity contribution in [3.05, 3.63) is 72.3 Å². The Labute approximate surface area is 174 Å². The molecule has 7 nitrogen and oxygen atoms in total. The molecule has 0 aliphatic carbocycles. The molecule has 0 saturated carbocycles. The summed E-state index contributed by atoms with van der Waals surface area (Å²) >= 11 is 0. The van der Waals surface area contributed by atoms with Gasteiger partial charge in [0.1, 0.15) is 0 Å². The highest BCUT2D eigenvalue weighted by molar-refractivity contribution is 5.90. The molecular formula is C23H23N5O2. The second-order valence-electron chi connectivity index (χ2n) is 7.21. The Kier molecular flexibility index (Phi) is 5.54. The van der Waals surface area contributed by atoms with E-state index in [1.54, 1.807) is 18.6 Å². The zero-order valence-corrected chi connectivity index (χ0v) is 16.7. The van der Waals surface area contributed by atoms with Crippen LogP contribution in [0.1, 0.15) is 18.2 Å². The third kappa shape index (κ3) is 3.79. The van der Waals surface area contributed by atoms with Gasteiger partial charge in [-0.3, -0.25) is 23.8 Å². The van der Waals surface area contributed by atoms with E-state index in [1.807, 2.05) is 54.1 Å². The third-order valence-electron chi connectivity index (χ3n) is 5.28. The molecule has 0 fully saturated rings. The fourth-order valence-electron chi connectivity index (χ4n) is 3.72. The fraction of sp³-hybridized carbons (Fsp3) is 0.217. The van der Waals surface area contributed by atoms with Gasteiger partial charge in [-0.2, -0.15) is 5.10 Å². The Morgan fingerprint density at radius 2 is 1.97 bits per heavy atom. The molecule has 1 aromatic carbocycles. The number of carbonyl (C=O) groups is 2. The Bertz CT molecular complexity index is 1190. The van der Waals surface area contributed by atoms with Gasteiger partial charge in [0.25, 0.3) is 0 Å². The lowest BCUT2D eigenvalue weighted by Crippen LogP contribution is -2.34. The van der Waals surface area contributed by atoms with Crippen molar-refractivity contribution >= 4 is 23.1 Å². The number of aromatic nitrogens is 4. The van der Waals surface area contributed by atoms with Crippen molar-refractivity contribution in [2.24, 2.45) is 5.73 Å². The molecule has 3 heterocycles. The van der Waals surface area contributed by atoms with Gasteiger partial charge in [0.05, 0.1) is 23.7 Å². The highest BCUT2D eigenvalue weighted by Gasteiger charge is 2.20. The van der Waals surface area contributed by atoms with Gasteiger partial charge in [-0.05, 0) is 43.2 Å². The van der Waals surface area contributed by atoms with E-state index >= 15 is 0 Å². The summed E-state index contributed by atoms with van der Waals surface area (Å²) in [6.45, 7) is 2.65. The molecule has 2 N–H and O–H groups in total. The van der Waals surface area contributed by atoms with Crippen LogP contribution < -0.4 is 5.73 Å². The van der Waals surface area contributed by atoms with Gasteiger partial charge in [-0.25, -0.2) is 0 Å². The van der Waals surface area contributed by atoms with Gasteiger partial charge in [-0.1, -0.05) is 18.2 Å². The lowest BCUT2D eigenvalue weighted by atomic mass is 9.99. The molecule has 0 saturated heterocycles. The van der Waals surface area contributed by atoms with E-state index in [0.29, 0.717) is 13.0 Å². The predicted molar refractivity (Wildman–Crippen MR) is 116 cm³/mol. The molecule has 0 bridgehead atoms. The van der Waals surface area contributed by atoms with E-state index in [-0.39, 0.29) is 12.2 Å². The van der Waals surface area contributed by atoms with Crippen LogP contribution in [-0.4, -0.2) is 37.6 Å². The second-order valence-corrected chi connectivity index (χ2v) is 7.21. The maximum atomic E-state index is 12.9. The minimum atomic E-state index is -0.666. The maximum Gasteiger partial charge on any atom is 0.218 e. The molecule has 0 aliphatic heterocycles. The third-order valence-corrected chi connectivity index (χ3v) is 5.28. The van der Waals surface area contributed by atoms with Crippen molar-refractivity contribution in [2.45, 2.75) is 32.4 Å². The maximum absolute atomic E-state index is 12.9. The highest BCUT2D eigenvalue weighted by atomic mass is 16.1. The Hall–Kier alpha value is -3.58. The van der Waals surface area contributed by atoms with E-state index in [0.717, 1.165) is 39.8 Å². The van der Waals surface area contributed by atoms with Crippen molar-refractivity contribution in [1.29, 1.82) is 0 Å². The molecule has 3 aromatic heterocycles. The first-order valence-corrected chi connectivity index (χ1v) is 9.90. The smallest absolute Gasteiger partial charge is 0.218 e. The van der Waals surface area contributed by atoms with E-state index in [1.165, 1.54) is 4.57 Å². The molecular weight excluding hydrogens is 378 g/mol. The summed E-state index contributed by atoms with van der Waals surface area (Å²) in [4.78, 5) is 28.3. The number of Topliss-reactive ketones (excluding diaryl/α,β-unsaturated/α-hetero) is 1. The second kappa shape index (κ2) is 8.42. The normalized spacial score (nSPS) is 12.2. The van der Waals surface area contributed by atoms with Gasteiger partial charge in [0.2, 0.25) is 6.41 Å². The van der Waals surface area contributed by atoms with Crippen molar-refractivity contribution < 1.29 is 9.59 Å². The zero-order chi connectivity index (χ0) is 21.1. The van der Waals surface area contributed by atoms with Crippen LogP contribution in [-0.2, 0) is 29.0 Å². The molecule has 30 heavy (non-hydrogen) atoms. The number of para-hydroxylation sites is 1. The van der Waals surface area contributed by atoms with E-state index in [4.69, 9.17) is 5.73 Å². The SMILES string of the molecule is CCn1nc(-c2ccncc2)cc1CC(=O)[C@@H](N)Cc1cn(C=O)c2ccccc12. The van der Waals surface area contributed by atoms with Gasteiger partial charge >= 0.3 is 0 Å². The van der Waals surface area contributed by atoms with E-state index in [9.17, 15) is 9.59 Å². The van der Waals surface area contributed by atoms with Crippen LogP contribution in [0.15, 0.2) is 61.1 Å². The number of hydrogen-bond donors (Lipinski definition) is 1. The quantitative estimate of drug-likeness (QED) is 0.458. The minimum Gasteiger partial charge on any atom is -0.321 e. The highest BCUT2D eigenvalue weighted by Crippen LogP contribution is 2.22. The summed E-state index contributed by atoms with van der Waals surface area (Å²) < 4.78 is 3.35. The van der Waals surface area contributed by atoms with Crippen LogP contribution in [0.5, 0.6) is 0 Å². The van der Waals surface area contributed by atoms with Gasteiger partial charge in [-0.15, -0.1) is 0 Å². The fourth-order valence-corrected chi connectivity index (χ4v) is 3.72. The number of pyridine rings is 1. The molecule has 7 heteroatoms. The van der Waals surface area contributed by atoms with Crippen LogP contribution in [0.2, 0.25) is 0 Å². The number of aryl methyl sites for hydroxylation is 1. The van der Waals surface area contributed by atoms with E-state index < -0.39 is 6.04 Å². The molecule has 1 atom stereocenters. The lowest BCUT2D eigenvalue weighted by Gasteiger charge is -2.11. The van der Waals surface area contributed by atoms with Gasteiger partial charge in [0.15, 0.2) is 5.78 Å². The summed E-state index contributed by atoms with van der Waals surface area (Å²) in [5.41, 5.74) is 10.6. The number of nitrogens with zero attached hydrogens (tertiary/aromatic N) is 4. The van der Waals surface area contributed by atoms with Crippen molar-refractivity contribution in [3.63, 3.8) is 0 Å². The molecule has 4 aromatic rings. The topological polar surface area (TPSA) is 95.8 Å². The zero-order valence-electron chi connectivity index (χ0n) is 16.7. The molecule has 4 rings (SSSR count). The Morgan fingerprint density at radius 3 is 2.70 bits per heavy atom. The average Bonchev–Trinajstić information content (AvgIpc) is 3.35. The van der Waals surface area contributed by atoms with Crippen LogP contribution >= 0.6 is 0 Å². The predicted octanol–water partition coefficient (Wildman–Crippen LogP) is 2.64. The lowest BCUT2D eigenvalue weighted by molar-refractivity contribution is -0.119. The number of rotatable bonds is 8. The number of hydrogen-bond acceptors (Lipinski definition) is 5. The van der Waals surface area contributed by atoms with Gasteiger partial charge in [0, 0.05) is 41.8 Å². The largest absolute Gasteiger partial charge is 0.321 e. The van der Waals surface area contributed by atoms with Crippen molar-refractivity contribution in [1.82, 2.24) is 19.3 Å². The first-order valence-electron chi connectivity index (χ1n) is 9.90. The number of fused-ring (bicyclic) bond motifs is 1. The minimum absolute atomic E-state index is 0.0613. The summed E-state index contributed by atoms with van der Waals surface area (Å²) in [6, 6.07) is 12.7. The molecule has 0 radical (unpaired) electrons. The molecule has 0 aliphatic rings. The number of ketones is 1. The first kappa shape index (κ1) is 19.7. The molecule has 152 valence electrons. The van der Waals surface area contributed by atoms with Crippen LogP contribution in [0.3, 0.4) is 0 Å². The summed E-state index contributed by atoms with van der Waals surface area (Å²) in [5.74, 6) is -0.0613. The standard InChI is InChI=1S/C23H23N5O2/c1-2-28-18(12-21(26-28)16-7-9-25-10-8-16)13-23(30)20(24)11-17-14-27(15-29)22-6-4-3-5-19(17)22/h3-10,12,14-15,20H,2,11,13,24H2,1H3/t20-/m0/s1. The molecule has 0 amide bonds.